The van der Waals surface area contributed by atoms with Crippen LogP contribution in [0, 0.1) is 12.7 Å². The fourth-order valence-corrected chi connectivity index (χ4v) is 2.76. The van der Waals surface area contributed by atoms with Gasteiger partial charge in [0.1, 0.15) is 5.82 Å². The maximum absolute atomic E-state index is 13.7. The molecule has 0 atom stereocenters. The largest absolute Gasteiger partial charge is 0.290 e. The molecule has 0 amide bonds. The van der Waals surface area contributed by atoms with Gasteiger partial charge in [-0.1, -0.05) is 18.2 Å². The first-order valence-electron chi connectivity index (χ1n) is 6.90. The summed E-state index contributed by atoms with van der Waals surface area (Å²) in [5.74, 6) is -0.340. The van der Waals surface area contributed by atoms with Gasteiger partial charge in [-0.3, -0.25) is 14.9 Å². The number of nitrogens with zero attached hydrogens (tertiary/aromatic N) is 2. The molecule has 0 unspecified atom stereocenters. The highest BCUT2D eigenvalue weighted by Crippen LogP contribution is 2.24. The topological polar surface area (TPSA) is 50.7 Å². The van der Waals surface area contributed by atoms with E-state index in [0.717, 1.165) is 11.3 Å². The van der Waals surface area contributed by atoms with Crippen molar-refractivity contribution in [2.75, 3.05) is 0 Å². The van der Waals surface area contributed by atoms with Crippen LogP contribution in [-0.2, 0) is 0 Å². The van der Waals surface area contributed by atoms with Gasteiger partial charge in [-0.05, 0) is 36.8 Å². The molecule has 0 fully saturated rings. The van der Waals surface area contributed by atoms with Gasteiger partial charge in [0.05, 0.1) is 22.1 Å². The summed E-state index contributed by atoms with van der Waals surface area (Å²) in [5, 5.41) is 4.13. The van der Waals surface area contributed by atoms with E-state index < -0.39 is 0 Å². The molecule has 0 aliphatic rings. The first kappa shape index (κ1) is 12.8. The van der Waals surface area contributed by atoms with E-state index in [1.165, 1.54) is 16.8 Å². The number of benzene rings is 2. The Labute approximate surface area is 124 Å². The lowest BCUT2D eigenvalue weighted by molar-refractivity contribution is 0.628. The zero-order chi connectivity index (χ0) is 15.3. The monoisotopic (exact) mass is 293 g/mol. The number of rotatable bonds is 1. The van der Waals surface area contributed by atoms with E-state index >= 15 is 0 Å². The molecule has 1 N–H and O–H groups in total. The van der Waals surface area contributed by atoms with Gasteiger partial charge in [0.15, 0.2) is 0 Å². The van der Waals surface area contributed by atoms with Gasteiger partial charge in [0, 0.05) is 11.6 Å². The zero-order valence-corrected chi connectivity index (χ0v) is 11.8. The summed E-state index contributed by atoms with van der Waals surface area (Å²) in [6.45, 7) is 1.80. The summed E-state index contributed by atoms with van der Waals surface area (Å²) in [5.41, 5.74) is 2.56. The van der Waals surface area contributed by atoms with Gasteiger partial charge in [-0.15, -0.1) is 0 Å². The predicted octanol–water partition coefficient (Wildman–Crippen LogP) is 3.31. The fraction of sp³-hybridized carbons (Fsp3) is 0.0588. The second-order valence-electron chi connectivity index (χ2n) is 5.25. The summed E-state index contributed by atoms with van der Waals surface area (Å²) in [6.07, 6.45) is 1.54. The minimum absolute atomic E-state index is 0.197. The molecule has 0 saturated carbocycles. The Hall–Kier alpha value is -2.95. The van der Waals surface area contributed by atoms with Crippen LogP contribution in [0.15, 0.2) is 53.5 Å². The Kier molecular flexibility index (Phi) is 2.63. The maximum Gasteiger partial charge on any atom is 0.280 e. The standard InChI is InChI=1S/C17H12FN3O/c1-10-7-11(18)8-13-15(10)19-9-14-16(13)20-21(17(14)22)12-5-3-2-4-6-12/h2-9,20H,1H3. The lowest BCUT2D eigenvalue weighted by atomic mass is 10.1. The lowest BCUT2D eigenvalue weighted by Gasteiger charge is -2.02. The quantitative estimate of drug-likeness (QED) is 0.585. The Morgan fingerprint density at radius 1 is 1.14 bits per heavy atom. The third-order valence-corrected chi connectivity index (χ3v) is 3.80. The Morgan fingerprint density at radius 2 is 1.91 bits per heavy atom. The number of aryl methyl sites for hydroxylation is 1. The van der Waals surface area contributed by atoms with Crippen molar-refractivity contribution in [2.45, 2.75) is 6.92 Å². The number of H-pyrrole nitrogens is 1. The molecule has 4 rings (SSSR count). The van der Waals surface area contributed by atoms with Crippen LogP contribution in [0.25, 0.3) is 27.5 Å². The van der Waals surface area contributed by atoms with Crippen LogP contribution in [0.4, 0.5) is 4.39 Å². The molecule has 22 heavy (non-hydrogen) atoms. The molecule has 0 radical (unpaired) electrons. The van der Waals surface area contributed by atoms with Crippen molar-refractivity contribution in [3.8, 4) is 5.69 Å². The summed E-state index contributed by atoms with van der Waals surface area (Å²) in [6, 6.07) is 12.1. The molecule has 108 valence electrons. The molecule has 2 aromatic carbocycles. The Morgan fingerprint density at radius 3 is 2.68 bits per heavy atom. The van der Waals surface area contributed by atoms with Crippen molar-refractivity contribution < 1.29 is 4.39 Å². The van der Waals surface area contributed by atoms with E-state index in [-0.39, 0.29) is 11.4 Å². The molecule has 0 aliphatic carbocycles. The Balaban J connectivity index is 2.14. The highest BCUT2D eigenvalue weighted by Gasteiger charge is 2.13. The second-order valence-corrected chi connectivity index (χ2v) is 5.25. The van der Waals surface area contributed by atoms with Crippen molar-refractivity contribution in [1.29, 1.82) is 0 Å². The summed E-state index contributed by atoms with van der Waals surface area (Å²) in [7, 11) is 0. The van der Waals surface area contributed by atoms with Crippen molar-refractivity contribution in [1.82, 2.24) is 14.8 Å². The van der Waals surface area contributed by atoms with Gasteiger partial charge in [-0.25, -0.2) is 9.07 Å². The number of halogens is 1. The number of pyridine rings is 1. The van der Waals surface area contributed by atoms with Crippen molar-refractivity contribution >= 4 is 21.8 Å². The Bertz CT molecular complexity index is 1060. The van der Waals surface area contributed by atoms with Crippen LogP contribution in [0.3, 0.4) is 0 Å². The van der Waals surface area contributed by atoms with Crippen LogP contribution in [0.5, 0.6) is 0 Å². The fourth-order valence-electron chi connectivity index (χ4n) is 2.76. The smallest absolute Gasteiger partial charge is 0.280 e. The lowest BCUT2D eigenvalue weighted by Crippen LogP contribution is -2.13. The van der Waals surface area contributed by atoms with Crippen LogP contribution in [0.1, 0.15) is 5.56 Å². The van der Waals surface area contributed by atoms with Gasteiger partial charge in [0.2, 0.25) is 0 Å². The summed E-state index contributed by atoms with van der Waals surface area (Å²) < 4.78 is 15.2. The van der Waals surface area contributed by atoms with E-state index in [9.17, 15) is 9.18 Å². The minimum atomic E-state index is -0.340. The highest BCUT2D eigenvalue weighted by atomic mass is 19.1. The molecule has 0 aliphatic heterocycles. The first-order chi connectivity index (χ1) is 10.6. The maximum atomic E-state index is 13.7. The minimum Gasteiger partial charge on any atom is -0.290 e. The predicted molar refractivity (Wildman–Crippen MR) is 83.9 cm³/mol. The number of para-hydroxylation sites is 1. The third-order valence-electron chi connectivity index (χ3n) is 3.80. The first-order valence-corrected chi connectivity index (χ1v) is 6.90. The SMILES string of the molecule is Cc1cc(F)cc2c1ncc1c(=O)n(-c3ccccc3)[nH]c12. The number of nitrogens with one attached hydrogen (secondary N) is 1. The molecule has 5 heteroatoms. The van der Waals surface area contributed by atoms with Gasteiger partial charge in [-0.2, -0.15) is 0 Å². The van der Waals surface area contributed by atoms with Gasteiger partial charge < -0.3 is 0 Å². The van der Waals surface area contributed by atoms with Crippen molar-refractivity contribution in [3.63, 3.8) is 0 Å². The molecule has 4 aromatic rings. The molecule has 0 saturated heterocycles. The van der Waals surface area contributed by atoms with Gasteiger partial charge in [0.25, 0.3) is 5.56 Å². The van der Waals surface area contributed by atoms with E-state index in [1.54, 1.807) is 13.1 Å². The van der Waals surface area contributed by atoms with Crippen LogP contribution >= 0.6 is 0 Å². The van der Waals surface area contributed by atoms with Crippen LogP contribution < -0.4 is 5.56 Å². The van der Waals surface area contributed by atoms with E-state index in [0.29, 0.717) is 21.8 Å². The molecule has 4 nitrogen and oxygen atoms in total. The average molecular weight is 293 g/mol. The molecule has 2 aromatic heterocycles. The molecule has 0 spiro atoms. The van der Waals surface area contributed by atoms with Gasteiger partial charge >= 0.3 is 0 Å². The zero-order valence-electron chi connectivity index (χ0n) is 11.8. The van der Waals surface area contributed by atoms with Crippen molar-refractivity contribution in [3.05, 3.63) is 70.4 Å². The average Bonchev–Trinajstić information content (AvgIpc) is 2.86. The number of aromatic nitrogens is 3. The van der Waals surface area contributed by atoms with E-state index in [2.05, 4.69) is 10.1 Å². The van der Waals surface area contributed by atoms with Crippen LogP contribution in [-0.4, -0.2) is 14.8 Å². The second kappa shape index (κ2) is 4.53. The van der Waals surface area contributed by atoms with Crippen molar-refractivity contribution in [2.24, 2.45) is 0 Å². The van der Waals surface area contributed by atoms with Crippen LogP contribution in [0.2, 0.25) is 0 Å². The number of aromatic amines is 1. The molecular formula is C17H12FN3O. The molecule has 2 heterocycles. The normalized spacial score (nSPS) is 11.4. The molecule has 0 bridgehead atoms. The number of hydrogen-bond acceptors (Lipinski definition) is 2. The van der Waals surface area contributed by atoms with E-state index in [1.807, 2.05) is 30.3 Å². The third kappa shape index (κ3) is 1.75. The van der Waals surface area contributed by atoms with E-state index in [4.69, 9.17) is 0 Å². The number of hydrogen-bond donors (Lipinski definition) is 1. The summed E-state index contributed by atoms with van der Waals surface area (Å²) >= 11 is 0. The molecular weight excluding hydrogens is 281 g/mol. The number of fused-ring (bicyclic) bond motifs is 3. The summed E-state index contributed by atoms with van der Waals surface area (Å²) in [4.78, 5) is 16.9. The highest BCUT2D eigenvalue weighted by molar-refractivity contribution is 6.03.